The second kappa shape index (κ2) is 8.68. The van der Waals surface area contributed by atoms with E-state index >= 15 is 0 Å². The van der Waals surface area contributed by atoms with Gasteiger partial charge in [-0.25, -0.2) is 8.42 Å². The maximum absolute atomic E-state index is 13.6. The van der Waals surface area contributed by atoms with Crippen LogP contribution in [0.4, 0.5) is 5.69 Å². The highest BCUT2D eigenvalue weighted by atomic mass is 32.2. The standard InChI is InChI=1S/C26H26N2O5S/c1-18-14-19-8-3-4-11-23(19)28(18)34(30,31)22-10-7-9-20(15-22)26(29)27(2)16-21-17-32-24-12-5-6-13-25(24)33-21/h3-13,15,18,21H,14,16-17H2,1-2H3/t18-,21-/m1/s1. The van der Waals surface area contributed by atoms with E-state index in [0.29, 0.717) is 42.3 Å². The van der Waals surface area contributed by atoms with Gasteiger partial charge in [0.05, 0.1) is 17.1 Å². The van der Waals surface area contributed by atoms with Crippen LogP contribution in [0.15, 0.2) is 77.7 Å². The van der Waals surface area contributed by atoms with E-state index in [0.717, 1.165) is 5.56 Å². The molecule has 1 amide bonds. The Morgan fingerprint density at radius 3 is 2.59 bits per heavy atom. The summed E-state index contributed by atoms with van der Waals surface area (Å²) < 4.78 is 40.3. The van der Waals surface area contributed by atoms with Gasteiger partial charge in [0.15, 0.2) is 17.6 Å². The monoisotopic (exact) mass is 478 g/mol. The van der Waals surface area contributed by atoms with E-state index in [9.17, 15) is 13.2 Å². The average molecular weight is 479 g/mol. The zero-order chi connectivity index (χ0) is 23.9. The number of rotatable bonds is 5. The second-order valence-corrected chi connectivity index (χ2v) is 10.5. The first-order valence-corrected chi connectivity index (χ1v) is 12.6. The van der Waals surface area contributed by atoms with Crippen LogP contribution in [-0.2, 0) is 16.4 Å². The molecule has 34 heavy (non-hydrogen) atoms. The Morgan fingerprint density at radius 2 is 1.76 bits per heavy atom. The van der Waals surface area contributed by atoms with E-state index in [1.54, 1.807) is 19.2 Å². The van der Waals surface area contributed by atoms with Crippen molar-refractivity contribution in [3.8, 4) is 11.5 Å². The van der Waals surface area contributed by atoms with Crippen LogP contribution in [0, 0.1) is 0 Å². The lowest BCUT2D eigenvalue weighted by atomic mass is 10.1. The van der Waals surface area contributed by atoms with Crippen LogP contribution in [0.3, 0.4) is 0 Å². The first kappa shape index (κ1) is 22.3. The molecular formula is C26H26N2O5S. The van der Waals surface area contributed by atoms with Crippen molar-refractivity contribution >= 4 is 21.6 Å². The van der Waals surface area contributed by atoms with Gasteiger partial charge in [0.2, 0.25) is 0 Å². The normalized spacial score (nSPS) is 18.9. The lowest BCUT2D eigenvalue weighted by Gasteiger charge is -2.29. The molecule has 0 unspecified atom stereocenters. The number of carbonyl (C=O) groups is 1. The van der Waals surface area contributed by atoms with Gasteiger partial charge in [-0.1, -0.05) is 36.4 Å². The molecule has 0 aliphatic carbocycles. The summed E-state index contributed by atoms with van der Waals surface area (Å²) in [7, 11) is -2.15. The Morgan fingerprint density at radius 1 is 1.03 bits per heavy atom. The molecule has 0 saturated carbocycles. The molecule has 3 aromatic carbocycles. The zero-order valence-electron chi connectivity index (χ0n) is 19.0. The van der Waals surface area contributed by atoms with Crippen LogP contribution in [0.2, 0.25) is 0 Å². The summed E-state index contributed by atoms with van der Waals surface area (Å²) >= 11 is 0. The number of hydrogen-bond donors (Lipinski definition) is 0. The second-order valence-electron chi connectivity index (χ2n) is 8.69. The summed E-state index contributed by atoms with van der Waals surface area (Å²) in [5.74, 6) is 1.05. The molecule has 2 heterocycles. The molecule has 0 saturated heterocycles. The highest BCUT2D eigenvalue weighted by Gasteiger charge is 2.36. The molecule has 8 heteroatoms. The van der Waals surface area contributed by atoms with E-state index in [4.69, 9.17) is 9.47 Å². The van der Waals surface area contributed by atoms with Gasteiger partial charge in [-0.05, 0) is 55.3 Å². The van der Waals surface area contributed by atoms with Gasteiger partial charge in [0, 0.05) is 18.7 Å². The molecule has 2 aliphatic heterocycles. The minimum absolute atomic E-state index is 0.0986. The van der Waals surface area contributed by atoms with E-state index in [1.807, 2.05) is 55.5 Å². The third-order valence-electron chi connectivity index (χ3n) is 6.17. The van der Waals surface area contributed by atoms with Crippen molar-refractivity contribution in [1.29, 1.82) is 0 Å². The molecule has 3 aromatic rings. The van der Waals surface area contributed by atoms with Crippen molar-refractivity contribution in [2.45, 2.75) is 30.4 Å². The smallest absolute Gasteiger partial charge is 0.264 e. The van der Waals surface area contributed by atoms with Crippen LogP contribution < -0.4 is 13.8 Å². The summed E-state index contributed by atoms with van der Waals surface area (Å²) in [4.78, 5) is 14.8. The molecule has 0 radical (unpaired) electrons. The third-order valence-corrected chi connectivity index (χ3v) is 8.10. The Bertz CT molecular complexity index is 1340. The molecular weight excluding hydrogens is 452 g/mol. The minimum atomic E-state index is -3.83. The fraction of sp³-hybridized carbons (Fsp3) is 0.269. The number of fused-ring (bicyclic) bond motifs is 2. The number of carbonyl (C=O) groups excluding carboxylic acids is 1. The lowest BCUT2D eigenvalue weighted by molar-refractivity contribution is 0.0521. The first-order chi connectivity index (χ1) is 16.3. The first-order valence-electron chi connectivity index (χ1n) is 11.2. The van der Waals surface area contributed by atoms with Crippen LogP contribution >= 0.6 is 0 Å². The highest BCUT2D eigenvalue weighted by Crippen LogP contribution is 2.36. The van der Waals surface area contributed by atoms with Gasteiger partial charge < -0.3 is 14.4 Å². The van der Waals surface area contributed by atoms with Crippen LogP contribution in [0.5, 0.6) is 11.5 Å². The summed E-state index contributed by atoms with van der Waals surface area (Å²) in [5.41, 5.74) is 2.00. The molecule has 0 aromatic heterocycles. The number of anilines is 1. The van der Waals surface area contributed by atoms with Gasteiger partial charge in [0.1, 0.15) is 6.61 Å². The average Bonchev–Trinajstić information content (AvgIpc) is 3.20. The van der Waals surface area contributed by atoms with Gasteiger partial charge in [-0.2, -0.15) is 0 Å². The molecule has 0 N–H and O–H groups in total. The predicted octanol–water partition coefficient (Wildman–Crippen LogP) is 3.74. The molecule has 176 valence electrons. The number of ether oxygens (including phenoxy) is 2. The van der Waals surface area contributed by atoms with Crippen molar-refractivity contribution in [3.63, 3.8) is 0 Å². The number of amides is 1. The third kappa shape index (κ3) is 3.98. The van der Waals surface area contributed by atoms with Crippen molar-refractivity contribution in [3.05, 3.63) is 83.9 Å². The highest BCUT2D eigenvalue weighted by molar-refractivity contribution is 7.92. The Hall–Kier alpha value is -3.52. The summed E-state index contributed by atoms with van der Waals surface area (Å²) in [5, 5.41) is 0. The fourth-order valence-corrected chi connectivity index (χ4v) is 6.31. The molecule has 5 rings (SSSR count). The van der Waals surface area contributed by atoms with Crippen LogP contribution in [0.1, 0.15) is 22.8 Å². The van der Waals surface area contributed by atoms with Crippen LogP contribution in [-0.4, -0.2) is 51.6 Å². The number of likely N-dealkylation sites (N-methyl/N-ethyl adjacent to an activating group) is 1. The van der Waals surface area contributed by atoms with Gasteiger partial charge >= 0.3 is 0 Å². The Kier molecular flexibility index (Phi) is 5.69. The molecule has 0 bridgehead atoms. The molecule has 7 nitrogen and oxygen atoms in total. The van der Waals surface area contributed by atoms with Crippen molar-refractivity contribution in [2.75, 3.05) is 24.5 Å². The molecule has 0 spiro atoms. The van der Waals surface area contributed by atoms with Crippen molar-refractivity contribution in [2.24, 2.45) is 0 Å². The number of nitrogens with zero attached hydrogens (tertiary/aromatic N) is 2. The van der Waals surface area contributed by atoms with E-state index in [2.05, 4.69) is 0 Å². The predicted molar refractivity (Wildman–Crippen MR) is 129 cm³/mol. The van der Waals surface area contributed by atoms with Gasteiger partial charge in [0.25, 0.3) is 15.9 Å². The molecule has 2 atom stereocenters. The zero-order valence-corrected chi connectivity index (χ0v) is 19.9. The summed E-state index contributed by atoms with van der Waals surface area (Å²) in [6.07, 6.45) is 0.335. The van der Waals surface area contributed by atoms with E-state index < -0.39 is 10.0 Å². The molecule has 2 aliphatic rings. The summed E-state index contributed by atoms with van der Waals surface area (Å²) in [6, 6.07) is 21.0. The minimum Gasteiger partial charge on any atom is -0.486 e. The quantitative estimate of drug-likeness (QED) is 0.559. The number of benzene rings is 3. The fourth-order valence-electron chi connectivity index (χ4n) is 4.57. The topological polar surface area (TPSA) is 76.2 Å². The van der Waals surface area contributed by atoms with E-state index in [-0.39, 0.29) is 22.9 Å². The maximum Gasteiger partial charge on any atom is 0.264 e. The largest absolute Gasteiger partial charge is 0.486 e. The van der Waals surface area contributed by atoms with Crippen molar-refractivity contribution < 1.29 is 22.7 Å². The summed E-state index contributed by atoms with van der Waals surface area (Å²) in [6.45, 7) is 2.53. The molecule has 0 fully saturated rings. The van der Waals surface area contributed by atoms with Crippen LogP contribution in [0.25, 0.3) is 0 Å². The van der Waals surface area contributed by atoms with Crippen molar-refractivity contribution in [1.82, 2.24) is 4.90 Å². The maximum atomic E-state index is 13.6. The lowest BCUT2D eigenvalue weighted by Crippen LogP contribution is -2.41. The van der Waals surface area contributed by atoms with Gasteiger partial charge in [-0.3, -0.25) is 9.10 Å². The SMILES string of the molecule is C[C@@H]1Cc2ccccc2N1S(=O)(=O)c1cccc(C(=O)N(C)C[C@@H]2COc3ccccc3O2)c1. The Labute approximate surface area is 199 Å². The van der Waals surface area contributed by atoms with E-state index in [1.165, 1.54) is 21.3 Å². The van der Waals surface area contributed by atoms with Gasteiger partial charge in [-0.15, -0.1) is 0 Å². The number of sulfonamides is 1. The number of hydrogen-bond acceptors (Lipinski definition) is 5. The Balaban J connectivity index is 1.34. The number of para-hydroxylation sites is 3.